The molecule has 2 N–H and O–H groups in total. The molecular weight excluding hydrogens is 272 g/mol. The summed E-state index contributed by atoms with van der Waals surface area (Å²) in [6.45, 7) is 2.99. The zero-order chi connectivity index (χ0) is 15.5. The molecule has 1 aromatic carbocycles. The molecule has 1 rings (SSSR count). The van der Waals surface area contributed by atoms with Gasteiger partial charge in [-0.25, -0.2) is 4.79 Å². The largest absolute Gasteiger partial charge is 0.490 e. The van der Waals surface area contributed by atoms with Crippen LogP contribution in [0.4, 0.5) is 0 Å². The molecule has 0 saturated carbocycles. The molecule has 5 nitrogen and oxygen atoms in total. The minimum Gasteiger partial charge on any atom is -0.490 e. The van der Waals surface area contributed by atoms with Gasteiger partial charge in [-0.2, -0.15) is 0 Å². The highest BCUT2D eigenvalue weighted by Crippen LogP contribution is 2.17. The van der Waals surface area contributed by atoms with Gasteiger partial charge in [0.25, 0.3) is 0 Å². The Labute approximate surface area is 125 Å². The third kappa shape index (κ3) is 7.11. The van der Waals surface area contributed by atoms with Crippen LogP contribution in [0.3, 0.4) is 0 Å². The Kier molecular flexibility index (Phi) is 8.47. The van der Waals surface area contributed by atoms with Gasteiger partial charge >= 0.3 is 5.97 Å². The summed E-state index contributed by atoms with van der Waals surface area (Å²) in [4.78, 5) is 11.0. The predicted octanol–water partition coefficient (Wildman–Crippen LogP) is 2.72. The van der Waals surface area contributed by atoms with Gasteiger partial charge in [0.1, 0.15) is 24.0 Å². The summed E-state index contributed by atoms with van der Waals surface area (Å²) >= 11 is 0. The van der Waals surface area contributed by atoms with Crippen molar-refractivity contribution in [2.45, 2.75) is 38.7 Å². The molecule has 0 spiro atoms. The van der Waals surface area contributed by atoms with Crippen molar-refractivity contribution >= 4 is 5.97 Å². The Morgan fingerprint density at radius 1 is 1.19 bits per heavy atom. The predicted molar refractivity (Wildman–Crippen MR) is 79.9 cm³/mol. The number of hydrogen-bond donors (Lipinski definition) is 2. The number of aromatic carboxylic acids is 1. The van der Waals surface area contributed by atoms with E-state index in [0.29, 0.717) is 6.61 Å². The number of rotatable bonds is 11. The summed E-state index contributed by atoms with van der Waals surface area (Å²) in [5, 5.41) is 18.8. The van der Waals surface area contributed by atoms with E-state index in [4.69, 9.17) is 14.6 Å². The number of carboxylic acids is 1. The molecule has 0 aliphatic rings. The third-order valence-electron chi connectivity index (χ3n) is 3.00. The van der Waals surface area contributed by atoms with Gasteiger partial charge in [-0.05, 0) is 18.6 Å². The van der Waals surface area contributed by atoms with Gasteiger partial charge in [0, 0.05) is 6.61 Å². The molecule has 21 heavy (non-hydrogen) atoms. The second-order valence-electron chi connectivity index (χ2n) is 4.90. The number of ether oxygens (including phenoxy) is 2. The first-order valence-electron chi connectivity index (χ1n) is 7.36. The first kappa shape index (κ1) is 17.5. The van der Waals surface area contributed by atoms with Gasteiger partial charge < -0.3 is 19.7 Å². The van der Waals surface area contributed by atoms with E-state index in [0.717, 1.165) is 12.8 Å². The maximum absolute atomic E-state index is 11.0. The molecule has 1 aromatic rings. The van der Waals surface area contributed by atoms with Gasteiger partial charge in [0.2, 0.25) is 0 Å². The fourth-order valence-corrected chi connectivity index (χ4v) is 1.85. The fourth-order valence-electron chi connectivity index (χ4n) is 1.85. The number of hydrogen-bond acceptors (Lipinski definition) is 4. The highest BCUT2D eigenvalue weighted by molar-refractivity contribution is 5.90. The Morgan fingerprint density at radius 2 is 1.95 bits per heavy atom. The van der Waals surface area contributed by atoms with Crippen LogP contribution in [0, 0.1) is 0 Å². The van der Waals surface area contributed by atoms with Crippen LogP contribution in [0.15, 0.2) is 24.3 Å². The highest BCUT2D eigenvalue weighted by atomic mass is 16.5. The van der Waals surface area contributed by atoms with Crippen LogP contribution in [0.25, 0.3) is 0 Å². The number of unbranched alkanes of at least 4 members (excludes halogenated alkanes) is 3. The molecule has 0 saturated heterocycles. The van der Waals surface area contributed by atoms with Gasteiger partial charge in [-0.1, -0.05) is 38.3 Å². The summed E-state index contributed by atoms with van der Waals surface area (Å²) in [5.74, 6) is -0.792. The quantitative estimate of drug-likeness (QED) is 0.614. The number of aliphatic hydroxyl groups excluding tert-OH is 1. The average molecular weight is 296 g/mol. The van der Waals surface area contributed by atoms with E-state index in [9.17, 15) is 9.90 Å². The molecule has 0 fully saturated rings. The Balaban J connectivity index is 2.24. The zero-order valence-electron chi connectivity index (χ0n) is 12.5. The molecule has 0 amide bonds. The number of benzene rings is 1. The topological polar surface area (TPSA) is 76.0 Å². The van der Waals surface area contributed by atoms with Crippen LogP contribution < -0.4 is 4.74 Å². The molecule has 0 unspecified atom stereocenters. The number of para-hydroxylation sites is 1. The van der Waals surface area contributed by atoms with Crippen LogP contribution in [-0.2, 0) is 4.74 Å². The Morgan fingerprint density at radius 3 is 2.67 bits per heavy atom. The van der Waals surface area contributed by atoms with Crippen LogP contribution in [0.1, 0.15) is 43.0 Å². The summed E-state index contributed by atoms with van der Waals surface area (Å²) in [7, 11) is 0. The molecule has 0 aliphatic heterocycles. The van der Waals surface area contributed by atoms with Crippen molar-refractivity contribution in [3.63, 3.8) is 0 Å². The van der Waals surface area contributed by atoms with E-state index in [1.54, 1.807) is 18.2 Å². The Bertz CT molecular complexity index is 419. The zero-order valence-corrected chi connectivity index (χ0v) is 12.5. The van der Waals surface area contributed by atoms with Gasteiger partial charge in [-0.15, -0.1) is 0 Å². The number of carbonyl (C=O) groups is 1. The lowest BCUT2D eigenvalue weighted by Crippen LogP contribution is -2.24. The van der Waals surface area contributed by atoms with Crippen molar-refractivity contribution in [3.8, 4) is 5.75 Å². The lowest BCUT2D eigenvalue weighted by molar-refractivity contribution is 0.0107. The van der Waals surface area contributed by atoms with Crippen molar-refractivity contribution in [2.75, 3.05) is 19.8 Å². The average Bonchev–Trinajstić information content (AvgIpc) is 2.49. The lowest BCUT2D eigenvalue weighted by Gasteiger charge is -2.14. The van der Waals surface area contributed by atoms with Crippen molar-refractivity contribution in [3.05, 3.63) is 29.8 Å². The van der Waals surface area contributed by atoms with E-state index in [1.165, 1.54) is 18.9 Å². The summed E-state index contributed by atoms with van der Waals surface area (Å²) < 4.78 is 10.7. The van der Waals surface area contributed by atoms with E-state index >= 15 is 0 Å². The van der Waals surface area contributed by atoms with Crippen LogP contribution in [0.2, 0.25) is 0 Å². The van der Waals surface area contributed by atoms with Crippen LogP contribution in [-0.4, -0.2) is 42.1 Å². The minimum atomic E-state index is -1.05. The molecule has 0 heterocycles. The van der Waals surface area contributed by atoms with Crippen molar-refractivity contribution in [1.29, 1.82) is 0 Å². The molecule has 0 radical (unpaired) electrons. The smallest absolute Gasteiger partial charge is 0.339 e. The van der Waals surface area contributed by atoms with Gasteiger partial charge in [-0.3, -0.25) is 0 Å². The van der Waals surface area contributed by atoms with Crippen LogP contribution in [0.5, 0.6) is 5.75 Å². The van der Waals surface area contributed by atoms with E-state index in [2.05, 4.69) is 6.92 Å². The lowest BCUT2D eigenvalue weighted by atomic mass is 10.2. The second-order valence-corrected chi connectivity index (χ2v) is 4.90. The third-order valence-corrected chi connectivity index (χ3v) is 3.00. The SMILES string of the molecule is CCCCCCOC[C@@H](O)COc1ccccc1C(=O)O. The maximum Gasteiger partial charge on any atom is 0.339 e. The first-order valence-corrected chi connectivity index (χ1v) is 7.36. The van der Waals surface area contributed by atoms with Crippen molar-refractivity contribution < 1.29 is 24.5 Å². The number of carboxylic acid groups (broad SMARTS) is 1. The molecule has 0 aromatic heterocycles. The molecule has 118 valence electrons. The Hall–Kier alpha value is -1.59. The first-order chi connectivity index (χ1) is 10.1. The maximum atomic E-state index is 11.0. The van der Waals surface area contributed by atoms with Crippen LogP contribution >= 0.6 is 0 Å². The summed E-state index contributed by atoms with van der Waals surface area (Å²) in [6, 6.07) is 6.36. The van der Waals surface area contributed by atoms with Gasteiger partial charge in [0.05, 0.1) is 6.61 Å². The highest BCUT2D eigenvalue weighted by Gasteiger charge is 2.12. The molecule has 5 heteroatoms. The molecule has 1 atom stereocenters. The van der Waals surface area contributed by atoms with Crippen molar-refractivity contribution in [2.24, 2.45) is 0 Å². The van der Waals surface area contributed by atoms with E-state index in [-0.39, 0.29) is 24.5 Å². The minimum absolute atomic E-state index is 0.0131. The van der Waals surface area contributed by atoms with E-state index < -0.39 is 12.1 Å². The second kappa shape index (κ2) is 10.2. The monoisotopic (exact) mass is 296 g/mol. The fraction of sp³-hybridized carbons (Fsp3) is 0.562. The summed E-state index contributed by atoms with van der Waals surface area (Å²) in [5.41, 5.74) is 0.0881. The summed E-state index contributed by atoms with van der Waals surface area (Å²) in [6.07, 6.45) is 3.73. The van der Waals surface area contributed by atoms with Gasteiger partial charge in [0.15, 0.2) is 0 Å². The van der Waals surface area contributed by atoms with Crippen molar-refractivity contribution in [1.82, 2.24) is 0 Å². The molecular formula is C16H24O5. The standard InChI is InChI=1S/C16H24O5/c1-2-3-4-7-10-20-11-13(17)12-21-15-9-6-5-8-14(15)16(18)19/h5-6,8-9,13,17H,2-4,7,10-12H2,1H3,(H,18,19)/t13-/m1/s1. The normalized spacial score (nSPS) is 12.1. The molecule has 0 aliphatic carbocycles. The number of aliphatic hydroxyl groups is 1. The van der Waals surface area contributed by atoms with E-state index in [1.807, 2.05) is 0 Å². The molecule has 0 bridgehead atoms.